The molecule has 0 spiro atoms. The number of carboxylic acid groups (broad SMARTS) is 1. The first-order valence-corrected chi connectivity index (χ1v) is 16.7. The van der Waals surface area contributed by atoms with Crippen LogP contribution < -0.4 is 5.32 Å². The van der Waals surface area contributed by atoms with E-state index < -0.39 is 50.6 Å². The number of ether oxygens (including phenoxy) is 1. The van der Waals surface area contributed by atoms with Gasteiger partial charge in [-0.1, -0.05) is 29.8 Å². The Bertz CT molecular complexity index is 1700. The number of benzene rings is 2. The molecule has 14 heteroatoms. The lowest BCUT2D eigenvalue weighted by Crippen LogP contribution is -2.41. The van der Waals surface area contributed by atoms with Gasteiger partial charge in [-0.15, -0.1) is 0 Å². The number of aryl methyl sites for hydroxylation is 1. The monoisotopic (exact) mass is 648 g/mol. The Morgan fingerprint density at radius 3 is 2.55 bits per heavy atom. The standard InChI is InChI=1S/C30H34ClFN4O7S/c1-35-26-6-4-3-5-22(26)28(34-35)29(38)33-25-14-24(32)18(11-23(25)31)12-27(37)36-15-21(44(2,41)42)13-19(36)16-43-20-9-7-17(8-10-20)30(39)40/h3-6,11,14,17,19-21H,7-10,12-13,15-16H2,1-2H3,(H,33,38)(H,39,40)/t17?,19-,20?,21-/m0/s1. The number of halogens is 2. The zero-order valence-corrected chi connectivity index (χ0v) is 25.9. The van der Waals surface area contributed by atoms with E-state index in [1.54, 1.807) is 23.9 Å². The van der Waals surface area contributed by atoms with Crippen LogP contribution in [-0.2, 0) is 37.6 Å². The van der Waals surface area contributed by atoms with E-state index in [9.17, 15) is 27.9 Å². The number of likely N-dealkylation sites (tertiary alicyclic amines) is 1. The maximum atomic E-state index is 15.3. The Balaban J connectivity index is 1.26. The molecule has 2 aromatic carbocycles. The van der Waals surface area contributed by atoms with Crippen LogP contribution in [0.4, 0.5) is 10.1 Å². The van der Waals surface area contributed by atoms with E-state index in [2.05, 4.69) is 10.4 Å². The molecular weight excluding hydrogens is 615 g/mol. The highest BCUT2D eigenvalue weighted by molar-refractivity contribution is 7.91. The second-order valence-electron chi connectivity index (χ2n) is 11.6. The molecule has 44 heavy (non-hydrogen) atoms. The fourth-order valence-corrected chi connectivity index (χ4v) is 7.25. The number of fused-ring (bicyclic) bond motifs is 1. The predicted octanol–water partition coefficient (Wildman–Crippen LogP) is 3.83. The number of amides is 2. The number of carbonyl (C=O) groups excluding carboxylic acids is 2. The third-order valence-corrected chi connectivity index (χ3v) is 10.4. The van der Waals surface area contributed by atoms with Gasteiger partial charge in [-0.25, -0.2) is 12.8 Å². The number of anilines is 1. The molecule has 2 heterocycles. The first-order valence-electron chi connectivity index (χ1n) is 14.4. The second-order valence-corrected chi connectivity index (χ2v) is 14.3. The summed E-state index contributed by atoms with van der Waals surface area (Å²) in [6.45, 7) is 0.0511. The number of aromatic nitrogens is 2. The van der Waals surface area contributed by atoms with E-state index in [-0.39, 0.29) is 54.1 Å². The summed E-state index contributed by atoms with van der Waals surface area (Å²) in [7, 11) is -1.75. The summed E-state index contributed by atoms with van der Waals surface area (Å²) in [5, 5.41) is 15.9. The number of sulfone groups is 1. The van der Waals surface area contributed by atoms with Crippen LogP contribution >= 0.6 is 11.6 Å². The second kappa shape index (κ2) is 12.8. The van der Waals surface area contributed by atoms with Crippen molar-refractivity contribution in [3.8, 4) is 0 Å². The first-order chi connectivity index (χ1) is 20.8. The summed E-state index contributed by atoms with van der Waals surface area (Å²) in [5.74, 6) is -3.03. The summed E-state index contributed by atoms with van der Waals surface area (Å²) in [6, 6.07) is 8.96. The number of carbonyl (C=O) groups is 3. The molecule has 3 aromatic rings. The van der Waals surface area contributed by atoms with Crippen molar-refractivity contribution in [3.63, 3.8) is 0 Å². The Labute approximate surface area is 259 Å². The van der Waals surface area contributed by atoms with E-state index in [0.717, 1.165) is 17.8 Å². The Kier molecular flexibility index (Phi) is 9.28. The summed E-state index contributed by atoms with van der Waals surface area (Å²) in [5.41, 5.74) is 0.910. The zero-order chi connectivity index (χ0) is 31.8. The molecule has 1 aliphatic heterocycles. The van der Waals surface area contributed by atoms with Crippen molar-refractivity contribution in [2.75, 3.05) is 24.7 Å². The quantitative estimate of drug-likeness (QED) is 0.356. The Morgan fingerprint density at radius 1 is 1.16 bits per heavy atom. The number of rotatable bonds is 9. The SMILES string of the molecule is Cn1nc(C(=O)Nc2cc(F)c(CC(=O)N3C[C@@H](S(C)(=O)=O)C[C@H]3COC3CCC(C(=O)O)CC3)cc2Cl)c2ccccc21. The maximum absolute atomic E-state index is 15.3. The van der Waals surface area contributed by atoms with Gasteiger partial charge in [0.1, 0.15) is 5.82 Å². The van der Waals surface area contributed by atoms with Gasteiger partial charge >= 0.3 is 5.97 Å². The van der Waals surface area contributed by atoms with Crippen LogP contribution in [0.3, 0.4) is 0 Å². The molecule has 11 nitrogen and oxygen atoms in total. The van der Waals surface area contributed by atoms with Crippen molar-refractivity contribution in [2.45, 2.75) is 55.9 Å². The van der Waals surface area contributed by atoms with Crippen molar-refractivity contribution >= 4 is 55.8 Å². The van der Waals surface area contributed by atoms with Gasteiger partial charge in [0.2, 0.25) is 5.91 Å². The Morgan fingerprint density at radius 2 is 1.86 bits per heavy atom. The molecule has 1 aliphatic carbocycles. The molecule has 2 amide bonds. The molecule has 1 saturated carbocycles. The molecule has 0 unspecified atom stereocenters. The molecule has 2 atom stereocenters. The van der Waals surface area contributed by atoms with E-state index in [0.29, 0.717) is 31.1 Å². The topological polar surface area (TPSA) is 148 Å². The van der Waals surface area contributed by atoms with E-state index in [4.69, 9.17) is 16.3 Å². The number of para-hydroxylation sites is 1. The highest BCUT2D eigenvalue weighted by Gasteiger charge is 2.40. The molecule has 1 aromatic heterocycles. The minimum absolute atomic E-state index is 0.00393. The summed E-state index contributed by atoms with van der Waals surface area (Å²) >= 11 is 6.41. The average Bonchev–Trinajstić information content (AvgIpc) is 3.57. The van der Waals surface area contributed by atoms with Crippen LogP contribution in [0.5, 0.6) is 0 Å². The average molecular weight is 649 g/mol. The minimum atomic E-state index is -3.46. The number of carboxylic acids is 1. The highest BCUT2D eigenvalue weighted by Crippen LogP contribution is 2.31. The van der Waals surface area contributed by atoms with Crippen LogP contribution in [0.1, 0.15) is 48.2 Å². The van der Waals surface area contributed by atoms with Gasteiger partial charge in [-0.05, 0) is 55.9 Å². The van der Waals surface area contributed by atoms with E-state index >= 15 is 4.39 Å². The van der Waals surface area contributed by atoms with Gasteiger partial charge in [-0.2, -0.15) is 5.10 Å². The molecule has 0 bridgehead atoms. The molecule has 2 N–H and O–H groups in total. The number of hydrogen-bond donors (Lipinski definition) is 2. The van der Waals surface area contributed by atoms with Crippen LogP contribution in [0, 0.1) is 11.7 Å². The van der Waals surface area contributed by atoms with Gasteiger partial charge in [0.15, 0.2) is 15.5 Å². The van der Waals surface area contributed by atoms with Gasteiger partial charge in [-0.3, -0.25) is 19.1 Å². The third kappa shape index (κ3) is 6.89. The van der Waals surface area contributed by atoms with Gasteiger partial charge in [0, 0.05) is 25.2 Å². The summed E-state index contributed by atoms with van der Waals surface area (Å²) < 4.78 is 47.6. The van der Waals surface area contributed by atoms with Gasteiger partial charge in [0.05, 0.1) is 52.6 Å². The molecule has 0 radical (unpaired) electrons. The molecule has 5 rings (SSSR count). The lowest BCUT2D eigenvalue weighted by molar-refractivity contribution is -0.144. The molecule has 1 saturated heterocycles. The van der Waals surface area contributed by atoms with Gasteiger partial charge < -0.3 is 20.1 Å². The highest BCUT2D eigenvalue weighted by atomic mass is 35.5. The van der Waals surface area contributed by atoms with Crippen molar-refractivity contribution < 1.29 is 37.0 Å². The Hall–Kier alpha value is -3.55. The van der Waals surface area contributed by atoms with Crippen molar-refractivity contribution in [2.24, 2.45) is 13.0 Å². The lowest BCUT2D eigenvalue weighted by atomic mass is 9.87. The van der Waals surface area contributed by atoms with Crippen LogP contribution in [-0.4, -0.2) is 82.8 Å². The van der Waals surface area contributed by atoms with Crippen LogP contribution in [0.25, 0.3) is 10.9 Å². The minimum Gasteiger partial charge on any atom is -0.481 e. The van der Waals surface area contributed by atoms with Crippen molar-refractivity contribution in [1.82, 2.24) is 14.7 Å². The third-order valence-electron chi connectivity index (χ3n) is 8.55. The lowest BCUT2D eigenvalue weighted by Gasteiger charge is -2.30. The summed E-state index contributed by atoms with van der Waals surface area (Å²) in [4.78, 5) is 39.1. The number of nitrogens with zero attached hydrogens (tertiary/aromatic N) is 3. The van der Waals surface area contributed by atoms with Crippen molar-refractivity contribution in [3.05, 3.63) is 58.5 Å². The molecular formula is C30H34ClFN4O7S. The zero-order valence-electron chi connectivity index (χ0n) is 24.3. The van der Waals surface area contributed by atoms with Crippen molar-refractivity contribution in [1.29, 1.82) is 0 Å². The maximum Gasteiger partial charge on any atom is 0.306 e. The summed E-state index contributed by atoms with van der Waals surface area (Å²) in [6.07, 6.45) is 2.88. The number of hydrogen-bond acceptors (Lipinski definition) is 7. The molecule has 2 fully saturated rings. The number of nitrogens with one attached hydrogen (secondary N) is 1. The smallest absolute Gasteiger partial charge is 0.306 e. The van der Waals surface area contributed by atoms with Crippen LogP contribution in [0.2, 0.25) is 5.02 Å². The van der Waals surface area contributed by atoms with Crippen LogP contribution in [0.15, 0.2) is 36.4 Å². The fourth-order valence-electron chi connectivity index (χ4n) is 6.02. The normalized spacial score (nSPS) is 22.3. The predicted molar refractivity (Wildman–Crippen MR) is 162 cm³/mol. The fraction of sp³-hybridized carbons (Fsp3) is 0.467. The largest absolute Gasteiger partial charge is 0.481 e. The van der Waals surface area contributed by atoms with E-state index in [1.165, 1.54) is 11.0 Å². The first kappa shape index (κ1) is 31.9. The van der Waals surface area contributed by atoms with Gasteiger partial charge in [0.25, 0.3) is 5.91 Å². The molecule has 236 valence electrons. The number of aliphatic carboxylic acids is 1. The van der Waals surface area contributed by atoms with E-state index in [1.807, 2.05) is 12.1 Å². The molecule has 2 aliphatic rings.